The molecule has 0 radical (unpaired) electrons. The lowest BCUT2D eigenvalue weighted by Crippen LogP contribution is -1.87. The number of rotatable bonds is 3. The van der Waals surface area contributed by atoms with Crippen molar-refractivity contribution in [2.24, 2.45) is 0 Å². The first kappa shape index (κ1) is 12.4. The summed E-state index contributed by atoms with van der Waals surface area (Å²) in [7, 11) is 1.71. The largest absolute Gasteiger partial charge is 0.496 e. The van der Waals surface area contributed by atoms with Gasteiger partial charge in [-0.3, -0.25) is 0 Å². The van der Waals surface area contributed by atoms with E-state index in [0.717, 1.165) is 11.3 Å². The van der Waals surface area contributed by atoms with Gasteiger partial charge in [0.05, 0.1) is 7.11 Å². The minimum atomic E-state index is 0.915. The molecule has 92 valence electrons. The predicted molar refractivity (Wildman–Crippen MR) is 77.8 cm³/mol. The zero-order valence-corrected chi connectivity index (χ0v) is 11.1. The van der Waals surface area contributed by atoms with Crippen LogP contribution in [0.1, 0.15) is 22.3 Å². The van der Waals surface area contributed by atoms with Gasteiger partial charge >= 0.3 is 0 Å². The molecule has 2 rings (SSSR count). The molecule has 0 spiro atoms. The Bertz CT molecular complexity index is 550. The smallest absolute Gasteiger partial charge is 0.126 e. The third kappa shape index (κ3) is 3.01. The first-order valence-corrected chi connectivity index (χ1v) is 6.08. The van der Waals surface area contributed by atoms with E-state index in [1.807, 2.05) is 0 Å². The summed E-state index contributed by atoms with van der Waals surface area (Å²) < 4.78 is 5.38. The molecular weight excluding hydrogens is 220 g/mol. The molecule has 0 atom stereocenters. The van der Waals surface area contributed by atoms with Gasteiger partial charge in [0.15, 0.2) is 0 Å². The molecule has 0 aliphatic rings. The lowest BCUT2D eigenvalue weighted by Gasteiger charge is -2.05. The fourth-order valence-electron chi connectivity index (χ4n) is 1.82. The molecule has 0 aliphatic carbocycles. The Labute approximate surface area is 109 Å². The van der Waals surface area contributed by atoms with Crippen LogP contribution in [0.4, 0.5) is 0 Å². The highest BCUT2D eigenvalue weighted by molar-refractivity contribution is 5.72. The van der Waals surface area contributed by atoms with Gasteiger partial charge in [-0.2, -0.15) is 0 Å². The molecule has 0 saturated carbocycles. The first-order chi connectivity index (χ1) is 8.69. The number of ether oxygens (including phenoxy) is 1. The van der Waals surface area contributed by atoms with E-state index in [2.05, 4.69) is 68.5 Å². The fraction of sp³-hybridized carbons (Fsp3) is 0.176. The summed E-state index contributed by atoms with van der Waals surface area (Å²) >= 11 is 0. The number of hydrogen-bond donors (Lipinski definition) is 0. The Morgan fingerprint density at radius 3 is 2.17 bits per heavy atom. The van der Waals surface area contributed by atoms with Crippen molar-refractivity contribution in [2.75, 3.05) is 7.11 Å². The lowest BCUT2D eigenvalue weighted by atomic mass is 10.1. The maximum atomic E-state index is 5.38. The van der Waals surface area contributed by atoms with Crippen LogP contribution in [-0.4, -0.2) is 7.11 Å². The van der Waals surface area contributed by atoms with Gasteiger partial charge in [-0.1, -0.05) is 54.1 Å². The second kappa shape index (κ2) is 5.54. The average Bonchev–Trinajstić information content (AvgIpc) is 2.39. The molecule has 2 aromatic rings. The van der Waals surface area contributed by atoms with Gasteiger partial charge in [-0.25, -0.2) is 0 Å². The Morgan fingerprint density at radius 1 is 0.833 bits per heavy atom. The molecule has 1 heteroatoms. The highest BCUT2D eigenvalue weighted by atomic mass is 16.5. The van der Waals surface area contributed by atoms with Crippen LogP contribution in [0.15, 0.2) is 42.5 Å². The van der Waals surface area contributed by atoms with Crippen molar-refractivity contribution in [1.29, 1.82) is 0 Å². The van der Waals surface area contributed by atoms with Crippen molar-refractivity contribution >= 4 is 12.2 Å². The molecule has 0 aromatic heterocycles. The van der Waals surface area contributed by atoms with E-state index in [9.17, 15) is 0 Å². The van der Waals surface area contributed by atoms with Gasteiger partial charge in [-0.15, -0.1) is 0 Å². The number of methoxy groups -OCH3 is 1. The molecule has 0 amide bonds. The van der Waals surface area contributed by atoms with E-state index in [0.29, 0.717) is 0 Å². The molecule has 0 aliphatic heterocycles. The van der Waals surface area contributed by atoms with Crippen molar-refractivity contribution in [3.63, 3.8) is 0 Å². The fourth-order valence-corrected chi connectivity index (χ4v) is 1.82. The Kier molecular flexibility index (Phi) is 3.83. The van der Waals surface area contributed by atoms with Gasteiger partial charge in [-0.05, 0) is 31.0 Å². The third-order valence-electron chi connectivity index (χ3n) is 2.92. The normalized spacial score (nSPS) is 10.8. The molecule has 0 saturated heterocycles. The van der Waals surface area contributed by atoms with Gasteiger partial charge in [0.25, 0.3) is 0 Å². The molecule has 1 nitrogen and oxygen atoms in total. The lowest BCUT2D eigenvalue weighted by molar-refractivity contribution is 0.413. The summed E-state index contributed by atoms with van der Waals surface area (Å²) in [4.78, 5) is 0. The van der Waals surface area contributed by atoms with Crippen LogP contribution in [0, 0.1) is 13.8 Å². The topological polar surface area (TPSA) is 9.23 Å². The molecular formula is C17H18O. The summed E-state index contributed by atoms with van der Waals surface area (Å²) in [5.41, 5.74) is 4.78. The predicted octanol–water partition coefficient (Wildman–Crippen LogP) is 4.48. The van der Waals surface area contributed by atoms with E-state index >= 15 is 0 Å². The summed E-state index contributed by atoms with van der Waals surface area (Å²) in [6.45, 7) is 4.16. The van der Waals surface area contributed by atoms with Crippen LogP contribution in [0.3, 0.4) is 0 Å². The summed E-state index contributed by atoms with van der Waals surface area (Å²) in [6, 6.07) is 14.7. The van der Waals surface area contributed by atoms with Crippen LogP contribution in [0.25, 0.3) is 12.2 Å². The SMILES string of the molecule is COc1cc(C)ccc1/C=C/c1ccc(C)cc1. The van der Waals surface area contributed by atoms with Crippen LogP contribution >= 0.6 is 0 Å². The summed E-state index contributed by atoms with van der Waals surface area (Å²) in [5, 5.41) is 0. The zero-order chi connectivity index (χ0) is 13.0. The summed E-state index contributed by atoms with van der Waals surface area (Å²) in [5.74, 6) is 0.915. The second-order valence-corrected chi connectivity index (χ2v) is 4.49. The van der Waals surface area contributed by atoms with Gasteiger partial charge in [0.2, 0.25) is 0 Å². The van der Waals surface area contributed by atoms with Crippen LogP contribution < -0.4 is 4.74 Å². The molecule has 0 N–H and O–H groups in total. The van der Waals surface area contributed by atoms with Gasteiger partial charge in [0.1, 0.15) is 5.75 Å². The highest BCUT2D eigenvalue weighted by Gasteiger charge is 1.99. The van der Waals surface area contributed by atoms with Gasteiger partial charge in [0, 0.05) is 5.56 Å². The third-order valence-corrected chi connectivity index (χ3v) is 2.92. The van der Waals surface area contributed by atoms with E-state index in [4.69, 9.17) is 4.74 Å². The van der Waals surface area contributed by atoms with Crippen molar-refractivity contribution in [3.05, 3.63) is 64.7 Å². The van der Waals surface area contributed by atoms with Crippen LogP contribution in [0.2, 0.25) is 0 Å². The standard InChI is InChI=1S/C17H18O/c1-13-4-7-15(8-5-13)9-11-16-10-6-14(2)12-17(16)18-3/h4-12H,1-3H3/b11-9+. The minimum absolute atomic E-state index is 0.915. The molecule has 0 fully saturated rings. The maximum absolute atomic E-state index is 5.38. The quantitative estimate of drug-likeness (QED) is 0.716. The second-order valence-electron chi connectivity index (χ2n) is 4.49. The molecule has 18 heavy (non-hydrogen) atoms. The van der Waals surface area contributed by atoms with Gasteiger partial charge < -0.3 is 4.74 Å². The van der Waals surface area contributed by atoms with E-state index < -0.39 is 0 Å². The van der Waals surface area contributed by atoms with Crippen molar-refractivity contribution in [2.45, 2.75) is 13.8 Å². The number of hydrogen-bond acceptors (Lipinski definition) is 1. The zero-order valence-electron chi connectivity index (χ0n) is 11.1. The minimum Gasteiger partial charge on any atom is -0.496 e. The van der Waals surface area contributed by atoms with Crippen molar-refractivity contribution in [1.82, 2.24) is 0 Å². The molecule has 0 bridgehead atoms. The number of benzene rings is 2. The first-order valence-electron chi connectivity index (χ1n) is 6.08. The average molecular weight is 238 g/mol. The van der Waals surface area contributed by atoms with E-state index in [1.165, 1.54) is 16.7 Å². The van der Waals surface area contributed by atoms with E-state index in [-0.39, 0.29) is 0 Å². The van der Waals surface area contributed by atoms with E-state index in [1.54, 1.807) is 7.11 Å². The number of aryl methyl sites for hydroxylation is 2. The molecule has 0 heterocycles. The molecule has 2 aromatic carbocycles. The molecule has 0 unspecified atom stereocenters. The Morgan fingerprint density at radius 2 is 1.50 bits per heavy atom. The highest BCUT2D eigenvalue weighted by Crippen LogP contribution is 2.22. The Balaban J connectivity index is 2.25. The van der Waals surface area contributed by atoms with Crippen molar-refractivity contribution in [3.8, 4) is 5.75 Å². The monoisotopic (exact) mass is 238 g/mol. The van der Waals surface area contributed by atoms with Crippen LogP contribution in [-0.2, 0) is 0 Å². The Hall–Kier alpha value is -2.02. The summed E-state index contributed by atoms with van der Waals surface area (Å²) in [6.07, 6.45) is 4.19. The maximum Gasteiger partial charge on any atom is 0.126 e. The van der Waals surface area contributed by atoms with Crippen LogP contribution in [0.5, 0.6) is 5.75 Å². The van der Waals surface area contributed by atoms with Crippen molar-refractivity contribution < 1.29 is 4.74 Å².